The van der Waals surface area contributed by atoms with Crippen molar-refractivity contribution >= 4 is 11.7 Å². The molecule has 1 unspecified atom stereocenters. The Balaban J connectivity index is 2.63. The molecule has 1 aromatic heterocycles. The van der Waals surface area contributed by atoms with Gasteiger partial charge in [0.05, 0.1) is 11.3 Å². The van der Waals surface area contributed by atoms with Gasteiger partial charge in [-0.25, -0.2) is 0 Å². The number of anilines is 1. The molecule has 1 aromatic rings. The summed E-state index contributed by atoms with van der Waals surface area (Å²) in [5.41, 5.74) is 0.252. The van der Waals surface area contributed by atoms with E-state index >= 15 is 0 Å². The van der Waals surface area contributed by atoms with E-state index in [1.165, 1.54) is 18.7 Å². The fraction of sp³-hybridized carbons (Fsp3) is 0.500. The Hall–Kier alpha value is -1.50. The molecule has 0 bridgehead atoms. The Labute approximate surface area is 83.7 Å². The highest BCUT2D eigenvalue weighted by Gasteiger charge is 2.53. The lowest BCUT2D eigenvalue weighted by atomic mass is 9.99. The zero-order valence-electron chi connectivity index (χ0n) is 8.08. The first-order valence-corrected chi connectivity index (χ1v) is 4.26. The van der Waals surface area contributed by atoms with Crippen LogP contribution in [0, 0.1) is 6.92 Å². The molecule has 1 amide bonds. The van der Waals surface area contributed by atoms with Crippen LogP contribution in [0.25, 0.3) is 0 Å². The van der Waals surface area contributed by atoms with Crippen LogP contribution in [0.5, 0.6) is 0 Å². The molecular formula is C8H9F2N3O2. The minimum atomic E-state index is -3.80. The summed E-state index contributed by atoms with van der Waals surface area (Å²) in [5.74, 6) is -5.19. The van der Waals surface area contributed by atoms with Crippen molar-refractivity contribution in [3.05, 3.63) is 11.3 Å². The van der Waals surface area contributed by atoms with Crippen LogP contribution in [-0.4, -0.2) is 26.7 Å². The summed E-state index contributed by atoms with van der Waals surface area (Å²) in [6, 6.07) is 0. The molecule has 1 aliphatic heterocycles. The monoisotopic (exact) mass is 217 g/mol. The summed E-state index contributed by atoms with van der Waals surface area (Å²) in [5, 5.41) is 15.3. The van der Waals surface area contributed by atoms with E-state index in [2.05, 4.69) is 5.10 Å². The Morgan fingerprint density at radius 3 is 2.80 bits per heavy atom. The summed E-state index contributed by atoms with van der Waals surface area (Å²) in [6.45, 7) is 1.50. The molecule has 0 aliphatic carbocycles. The molecule has 2 N–H and O–H groups in total. The molecule has 0 saturated carbocycles. The van der Waals surface area contributed by atoms with E-state index in [-0.39, 0.29) is 17.1 Å². The van der Waals surface area contributed by atoms with Crippen molar-refractivity contribution in [1.29, 1.82) is 0 Å². The molecule has 2 heterocycles. The maximum absolute atomic E-state index is 13.2. The van der Waals surface area contributed by atoms with Crippen molar-refractivity contribution in [1.82, 2.24) is 9.78 Å². The number of nitrogens with one attached hydrogen (secondary N) is 1. The van der Waals surface area contributed by atoms with Crippen LogP contribution in [0.1, 0.15) is 17.4 Å². The first kappa shape index (κ1) is 10.0. The van der Waals surface area contributed by atoms with E-state index in [0.29, 0.717) is 0 Å². The molecular weight excluding hydrogens is 208 g/mol. The van der Waals surface area contributed by atoms with E-state index in [1.807, 2.05) is 5.32 Å². The molecule has 1 aliphatic rings. The SMILES string of the molecule is Cc1nn(C)c2c1C(O)C(F)(F)C(=O)N2. The van der Waals surface area contributed by atoms with Gasteiger partial charge in [0.15, 0.2) is 6.10 Å². The third-order valence-corrected chi connectivity index (χ3v) is 2.42. The maximum Gasteiger partial charge on any atom is 0.354 e. The van der Waals surface area contributed by atoms with Gasteiger partial charge in [-0.3, -0.25) is 9.48 Å². The summed E-state index contributed by atoms with van der Waals surface area (Å²) in [6.07, 6.45) is -2.13. The molecule has 0 saturated heterocycles. The van der Waals surface area contributed by atoms with Crippen molar-refractivity contribution in [2.24, 2.45) is 7.05 Å². The second kappa shape index (κ2) is 2.75. The maximum atomic E-state index is 13.2. The number of rotatable bonds is 0. The largest absolute Gasteiger partial charge is 0.381 e. The third-order valence-electron chi connectivity index (χ3n) is 2.42. The van der Waals surface area contributed by atoms with E-state index in [1.54, 1.807) is 0 Å². The van der Waals surface area contributed by atoms with Crippen LogP contribution < -0.4 is 5.32 Å². The number of nitrogens with zero attached hydrogens (tertiary/aromatic N) is 2. The lowest BCUT2D eigenvalue weighted by molar-refractivity contribution is -0.160. The first-order chi connectivity index (χ1) is 6.85. The normalized spacial score (nSPS) is 23.5. The second-order valence-corrected chi connectivity index (χ2v) is 3.45. The van der Waals surface area contributed by atoms with Crippen LogP contribution in [0.3, 0.4) is 0 Å². The number of aliphatic hydroxyl groups excluding tert-OH is 1. The minimum Gasteiger partial charge on any atom is -0.381 e. The van der Waals surface area contributed by atoms with Gasteiger partial charge in [0.2, 0.25) is 0 Å². The molecule has 2 rings (SSSR count). The molecule has 0 spiro atoms. The molecule has 7 heteroatoms. The van der Waals surface area contributed by atoms with Gasteiger partial charge >= 0.3 is 5.92 Å². The minimum absolute atomic E-state index is 0.0258. The number of hydrogen-bond donors (Lipinski definition) is 2. The standard InChI is InChI=1S/C8H9F2N3O2/c1-3-4-5(14)8(9,10)7(15)11-6(4)13(2)12-3/h5,14H,1-2H3,(H,11,15). The van der Waals surface area contributed by atoms with Crippen LogP contribution >= 0.6 is 0 Å². The predicted molar refractivity (Wildman–Crippen MR) is 46.5 cm³/mol. The second-order valence-electron chi connectivity index (χ2n) is 3.45. The van der Waals surface area contributed by atoms with Gasteiger partial charge in [0.25, 0.3) is 5.91 Å². The summed E-state index contributed by atoms with van der Waals surface area (Å²) in [4.78, 5) is 11.0. The number of carbonyl (C=O) groups excluding carboxylic acids is 1. The number of aliphatic hydroxyl groups is 1. The van der Waals surface area contributed by atoms with Crippen molar-refractivity contribution in [2.75, 3.05) is 5.32 Å². The number of fused-ring (bicyclic) bond motifs is 1. The summed E-state index contributed by atoms with van der Waals surface area (Å²) < 4.78 is 27.6. The van der Waals surface area contributed by atoms with Gasteiger partial charge in [-0.1, -0.05) is 0 Å². The van der Waals surface area contributed by atoms with Crippen molar-refractivity contribution < 1.29 is 18.7 Å². The number of halogens is 2. The van der Waals surface area contributed by atoms with Crippen molar-refractivity contribution in [3.8, 4) is 0 Å². The Morgan fingerprint density at radius 2 is 2.20 bits per heavy atom. The van der Waals surface area contributed by atoms with Gasteiger partial charge in [0, 0.05) is 7.05 Å². The van der Waals surface area contributed by atoms with Crippen LogP contribution in [0.4, 0.5) is 14.6 Å². The summed E-state index contributed by atoms with van der Waals surface area (Å²) in [7, 11) is 1.50. The van der Waals surface area contributed by atoms with Gasteiger partial charge in [-0.2, -0.15) is 13.9 Å². The molecule has 0 fully saturated rings. The number of carbonyl (C=O) groups is 1. The van der Waals surface area contributed by atoms with Gasteiger partial charge < -0.3 is 10.4 Å². The fourth-order valence-corrected chi connectivity index (χ4v) is 1.65. The van der Waals surface area contributed by atoms with E-state index in [0.717, 1.165) is 0 Å². The quantitative estimate of drug-likeness (QED) is 0.658. The number of alkyl halides is 2. The Bertz CT molecular complexity index is 441. The Kier molecular flexibility index (Phi) is 1.84. The molecule has 15 heavy (non-hydrogen) atoms. The van der Waals surface area contributed by atoms with Crippen molar-refractivity contribution in [3.63, 3.8) is 0 Å². The average Bonchev–Trinajstić information content (AvgIpc) is 2.39. The smallest absolute Gasteiger partial charge is 0.354 e. The van der Waals surface area contributed by atoms with E-state index in [9.17, 15) is 18.7 Å². The first-order valence-electron chi connectivity index (χ1n) is 4.26. The highest BCUT2D eigenvalue weighted by Crippen LogP contribution is 2.41. The van der Waals surface area contributed by atoms with Crippen LogP contribution in [-0.2, 0) is 11.8 Å². The number of aromatic nitrogens is 2. The van der Waals surface area contributed by atoms with Crippen LogP contribution in [0.2, 0.25) is 0 Å². The number of amides is 1. The lowest BCUT2D eigenvalue weighted by Crippen LogP contribution is -2.44. The van der Waals surface area contributed by atoms with Crippen molar-refractivity contribution in [2.45, 2.75) is 19.0 Å². The summed E-state index contributed by atoms with van der Waals surface area (Å²) >= 11 is 0. The van der Waals surface area contributed by atoms with E-state index in [4.69, 9.17) is 0 Å². The number of aryl methyl sites for hydroxylation is 2. The molecule has 1 atom stereocenters. The fourth-order valence-electron chi connectivity index (χ4n) is 1.65. The zero-order chi connectivity index (χ0) is 11.4. The topological polar surface area (TPSA) is 67.1 Å². The van der Waals surface area contributed by atoms with Gasteiger partial charge in [0.1, 0.15) is 5.82 Å². The van der Waals surface area contributed by atoms with Gasteiger partial charge in [-0.05, 0) is 6.92 Å². The lowest BCUT2D eigenvalue weighted by Gasteiger charge is -2.27. The highest BCUT2D eigenvalue weighted by molar-refractivity contribution is 5.99. The average molecular weight is 217 g/mol. The van der Waals surface area contributed by atoms with Crippen LogP contribution in [0.15, 0.2) is 0 Å². The Morgan fingerprint density at radius 1 is 1.60 bits per heavy atom. The predicted octanol–water partition coefficient (Wildman–Crippen LogP) is 0.349. The van der Waals surface area contributed by atoms with Gasteiger partial charge in [-0.15, -0.1) is 0 Å². The molecule has 0 aromatic carbocycles. The third kappa shape index (κ3) is 1.16. The molecule has 5 nitrogen and oxygen atoms in total. The zero-order valence-corrected chi connectivity index (χ0v) is 8.08. The molecule has 0 radical (unpaired) electrons. The van der Waals surface area contributed by atoms with E-state index < -0.39 is 17.9 Å². The molecule has 82 valence electrons. The number of hydrogen-bond acceptors (Lipinski definition) is 3. The highest BCUT2D eigenvalue weighted by atomic mass is 19.3.